The van der Waals surface area contributed by atoms with Crippen molar-refractivity contribution in [3.63, 3.8) is 0 Å². The van der Waals surface area contributed by atoms with Crippen LogP contribution in [0.2, 0.25) is 5.02 Å². The van der Waals surface area contributed by atoms with Gasteiger partial charge in [-0.3, -0.25) is 4.79 Å². The molecule has 0 bridgehead atoms. The predicted molar refractivity (Wildman–Crippen MR) is 89.0 cm³/mol. The Balaban J connectivity index is 2.26. The molecule has 6 heteroatoms. The van der Waals surface area contributed by atoms with Gasteiger partial charge in [0.2, 0.25) is 0 Å². The van der Waals surface area contributed by atoms with Crippen LogP contribution in [-0.2, 0) is 6.54 Å². The van der Waals surface area contributed by atoms with Crippen LogP contribution in [0.25, 0.3) is 0 Å². The standard InChI is InChI=1S/C15H11Br2ClFNO/c1-20(8-11-13(18)3-2-4-14(11)19)15(21)10-7-9(16)5-6-12(10)17/h2-7H,8H2,1H3. The van der Waals surface area contributed by atoms with Gasteiger partial charge in [-0.25, -0.2) is 4.39 Å². The fourth-order valence-corrected chi connectivity index (χ4v) is 2.86. The summed E-state index contributed by atoms with van der Waals surface area (Å²) in [4.78, 5) is 13.9. The van der Waals surface area contributed by atoms with Crippen LogP contribution in [-0.4, -0.2) is 17.9 Å². The molecule has 0 heterocycles. The molecule has 2 nitrogen and oxygen atoms in total. The van der Waals surface area contributed by atoms with Crippen molar-refractivity contribution in [1.29, 1.82) is 0 Å². The number of halogens is 4. The second-order valence-electron chi connectivity index (χ2n) is 4.49. The van der Waals surface area contributed by atoms with E-state index >= 15 is 0 Å². The van der Waals surface area contributed by atoms with E-state index in [1.807, 2.05) is 6.07 Å². The topological polar surface area (TPSA) is 20.3 Å². The van der Waals surface area contributed by atoms with Crippen LogP contribution < -0.4 is 0 Å². The van der Waals surface area contributed by atoms with Crippen LogP contribution in [0.4, 0.5) is 4.39 Å². The molecule has 0 unspecified atom stereocenters. The summed E-state index contributed by atoms with van der Waals surface area (Å²) in [7, 11) is 1.61. The quantitative estimate of drug-likeness (QED) is 0.643. The van der Waals surface area contributed by atoms with Crippen LogP contribution in [0.3, 0.4) is 0 Å². The second kappa shape index (κ2) is 6.90. The molecule has 0 aliphatic carbocycles. The zero-order valence-electron chi connectivity index (χ0n) is 11.0. The van der Waals surface area contributed by atoms with E-state index in [4.69, 9.17) is 11.6 Å². The molecule has 2 aromatic carbocycles. The summed E-state index contributed by atoms with van der Waals surface area (Å²) in [6, 6.07) is 9.79. The molecule has 110 valence electrons. The Morgan fingerprint density at radius 1 is 1.29 bits per heavy atom. The average Bonchev–Trinajstić information content (AvgIpc) is 2.44. The molecule has 0 atom stereocenters. The minimum atomic E-state index is -0.421. The number of nitrogens with zero attached hydrogens (tertiary/aromatic N) is 1. The molecule has 0 spiro atoms. The molecule has 0 fully saturated rings. The maximum Gasteiger partial charge on any atom is 0.255 e. The lowest BCUT2D eigenvalue weighted by molar-refractivity contribution is 0.0783. The third kappa shape index (κ3) is 3.84. The van der Waals surface area contributed by atoms with Gasteiger partial charge in [0.05, 0.1) is 5.56 Å². The highest BCUT2D eigenvalue weighted by Gasteiger charge is 2.18. The third-order valence-electron chi connectivity index (χ3n) is 2.96. The summed E-state index contributed by atoms with van der Waals surface area (Å²) in [5.74, 6) is -0.641. The maximum absolute atomic E-state index is 13.8. The van der Waals surface area contributed by atoms with Crippen molar-refractivity contribution in [2.45, 2.75) is 6.54 Å². The zero-order valence-corrected chi connectivity index (χ0v) is 15.0. The molecule has 0 aromatic heterocycles. The molecule has 0 saturated carbocycles. The Labute approximate surface area is 144 Å². The number of carbonyl (C=O) groups excluding carboxylic acids is 1. The summed E-state index contributed by atoms with van der Waals surface area (Å²) in [6.45, 7) is 0.100. The van der Waals surface area contributed by atoms with Gasteiger partial charge in [0.25, 0.3) is 5.91 Å². The van der Waals surface area contributed by atoms with Crippen molar-refractivity contribution in [2.24, 2.45) is 0 Å². The van der Waals surface area contributed by atoms with Crippen LogP contribution in [0.5, 0.6) is 0 Å². The molecule has 1 amide bonds. The van der Waals surface area contributed by atoms with Gasteiger partial charge in [0.1, 0.15) is 5.82 Å². The Morgan fingerprint density at radius 3 is 2.67 bits per heavy atom. The molecule has 0 aliphatic heterocycles. The lowest BCUT2D eigenvalue weighted by Gasteiger charge is -2.19. The number of amides is 1. The van der Waals surface area contributed by atoms with Gasteiger partial charge in [-0.15, -0.1) is 0 Å². The van der Waals surface area contributed by atoms with E-state index in [1.165, 1.54) is 17.0 Å². The first-order valence-electron chi connectivity index (χ1n) is 6.03. The molecule has 0 radical (unpaired) electrons. The van der Waals surface area contributed by atoms with Gasteiger partial charge in [-0.1, -0.05) is 33.6 Å². The van der Waals surface area contributed by atoms with E-state index in [-0.39, 0.29) is 12.5 Å². The molecule has 0 N–H and O–H groups in total. The minimum absolute atomic E-state index is 0.100. The monoisotopic (exact) mass is 433 g/mol. The van der Waals surface area contributed by atoms with Gasteiger partial charge in [-0.2, -0.15) is 0 Å². The van der Waals surface area contributed by atoms with E-state index in [9.17, 15) is 9.18 Å². The van der Waals surface area contributed by atoms with Crippen LogP contribution in [0, 0.1) is 5.82 Å². The highest BCUT2D eigenvalue weighted by molar-refractivity contribution is 9.11. The fourth-order valence-electron chi connectivity index (χ4n) is 1.86. The van der Waals surface area contributed by atoms with Crippen molar-refractivity contribution < 1.29 is 9.18 Å². The van der Waals surface area contributed by atoms with Crippen LogP contribution in [0.15, 0.2) is 45.3 Å². The lowest BCUT2D eigenvalue weighted by atomic mass is 10.1. The van der Waals surface area contributed by atoms with E-state index in [0.717, 1.165) is 4.47 Å². The van der Waals surface area contributed by atoms with Crippen molar-refractivity contribution >= 4 is 49.4 Å². The summed E-state index contributed by atoms with van der Waals surface area (Å²) in [6.07, 6.45) is 0. The normalized spacial score (nSPS) is 10.5. The van der Waals surface area contributed by atoms with Gasteiger partial charge >= 0.3 is 0 Å². The fraction of sp³-hybridized carbons (Fsp3) is 0.133. The SMILES string of the molecule is CN(Cc1c(F)cccc1Cl)C(=O)c1cc(Br)ccc1Br. The number of hydrogen-bond acceptors (Lipinski definition) is 1. The molecular formula is C15H11Br2ClFNO. The van der Waals surface area contributed by atoms with Gasteiger partial charge in [-0.05, 0) is 46.3 Å². The summed E-state index contributed by atoms with van der Waals surface area (Å²) >= 11 is 12.7. The third-order valence-corrected chi connectivity index (χ3v) is 4.50. The smallest absolute Gasteiger partial charge is 0.255 e. The van der Waals surface area contributed by atoms with Gasteiger partial charge in [0.15, 0.2) is 0 Å². The van der Waals surface area contributed by atoms with Crippen molar-refractivity contribution in [1.82, 2.24) is 4.90 Å². The van der Waals surface area contributed by atoms with E-state index in [2.05, 4.69) is 31.9 Å². The molecular weight excluding hydrogens is 424 g/mol. The lowest BCUT2D eigenvalue weighted by Crippen LogP contribution is -2.27. The molecule has 0 aliphatic rings. The first-order valence-corrected chi connectivity index (χ1v) is 8.00. The maximum atomic E-state index is 13.8. The average molecular weight is 436 g/mol. The zero-order chi connectivity index (χ0) is 15.6. The first kappa shape index (κ1) is 16.5. The van der Waals surface area contributed by atoms with Crippen LogP contribution in [0.1, 0.15) is 15.9 Å². The Kier molecular flexibility index (Phi) is 5.41. The Morgan fingerprint density at radius 2 is 2.00 bits per heavy atom. The highest BCUT2D eigenvalue weighted by atomic mass is 79.9. The van der Waals surface area contributed by atoms with E-state index in [0.29, 0.717) is 20.6 Å². The number of rotatable bonds is 3. The van der Waals surface area contributed by atoms with Crippen molar-refractivity contribution in [3.05, 3.63) is 67.3 Å². The Bertz CT molecular complexity index is 673. The number of benzene rings is 2. The van der Waals surface area contributed by atoms with Crippen molar-refractivity contribution in [2.75, 3.05) is 7.05 Å². The largest absolute Gasteiger partial charge is 0.337 e. The summed E-state index contributed by atoms with van der Waals surface area (Å²) in [5, 5.41) is 0.308. The van der Waals surface area contributed by atoms with Crippen molar-refractivity contribution in [3.8, 4) is 0 Å². The highest BCUT2D eigenvalue weighted by Crippen LogP contribution is 2.25. The summed E-state index contributed by atoms with van der Waals surface area (Å²) < 4.78 is 15.3. The second-order valence-corrected chi connectivity index (χ2v) is 6.66. The minimum Gasteiger partial charge on any atom is -0.337 e. The molecule has 0 saturated heterocycles. The number of hydrogen-bond donors (Lipinski definition) is 0. The number of carbonyl (C=O) groups is 1. The summed E-state index contributed by atoms with van der Waals surface area (Å²) in [5.41, 5.74) is 0.806. The predicted octanol–water partition coefficient (Wildman–Crippen LogP) is 5.28. The van der Waals surface area contributed by atoms with E-state index < -0.39 is 5.82 Å². The van der Waals surface area contributed by atoms with Gasteiger partial charge < -0.3 is 4.90 Å². The first-order chi connectivity index (χ1) is 9.90. The van der Waals surface area contributed by atoms with Crippen LogP contribution >= 0.6 is 43.5 Å². The van der Waals surface area contributed by atoms with E-state index in [1.54, 1.807) is 25.2 Å². The Hall–Kier alpha value is -0.910. The molecule has 2 aromatic rings. The molecule has 21 heavy (non-hydrogen) atoms. The molecule has 2 rings (SSSR count). The van der Waals surface area contributed by atoms with Gasteiger partial charge in [0, 0.05) is 33.1 Å².